The molecule has 1 radical (unpaired) electrons. The van der Waals surface area contributed by atoms with E-state index in [1.54, 1.807) is 27.3 Å². The molecule has 0 bridgehead atoms. The standard InChI is InChI=1S/C13H34B3N3O6.C10H25N3O3.C2H5B2O3/c1-14(21)17-4-5-18(15(2)22)6-7-19(16(3)23)8-10-24-12-13-25-11-9-20;11-1-2-12-3-4-13-5-7-15-9-10-16-8-6-14;1-3-7-6-2-4-5/h17,20-23H,4-13H2,1-3H3;12-14H,1-11H2;2H2,1H3. The minimum absolute atomic E-state index is 0.00230. The third-order valence-electron chi connectivity index (χ3n) is 5.83. The van der Waals surface area contributed by atoms with E-state index in [4.69, 9.17) is 34.9 Å². The maximum Gasteiger partial charge on any atom is 0.0701 e. The Morgan fingerprint density at radius 1 is 0.667 bits per heavy atom. The minimum Gasteiger partial charge on any atom is -0.394 e. The van der Waals surface area contributed by atoms with Crippen LogP contribution >= 0.6 is 0 Å². The molecule has 0 unspecified atom stereocenters. The number of aliphatic hydroxyl groups is 2. The molecule has 0 fully saturated rings. The molecule has 0 saturated heterocycles. The molecule has 48 heavy (non-hydrogen) atoms. The summed E-state index contributed by atoms with van der Waals surface area (Å²) >= 11 is 0. The van der Waals surface area contributed by atoms with Gasteiger partial charge in [-0.2, -0.15) is 0 Å². The molecule has 0 spiro atoms. The summed E-state index contributed by atoms with van der Waals surface area (Å²) < 4.78 is 30.3. The third kappa shape index (κ3) is 45.4. The van der Waals surface area contributed by atoms with Crippen molar-refractivity contribution in [2.45, 2.75) is 27.3 Å². The first-order valence-corrected chi connectivity index (χ1v) is 16.6. The van der Waals surface area contributed by atoms with Gasteiger partial charge in [0.1, 0.15) is 0 Å². The Kier molecular flexibility index (Phi) is 48.0. The van der Waals surface area contributed by atoms with Crippen molar-refractivity contribution in [1.29, 1.82) is 0 Å². The van der Waals surface area contributed by atoms with Gasteiger partial charge in [0.2, 0.25) is 0 Å². The van der Waals surface area contributed by atoms with Crippen LogP contribution in [0.5, 0.6) is 0 Å². The van der Waals surface area contributed by atoms with Crippen LogP contribution in [0.4, 0.5) is 0 Å². The first kappa shape index (κ1) is 51.8. The van der Waals surface area contributed by atoms with E-state index < -0.39 is 21.2 Å². The van der Waals surface area contributed by atoms with Gasteiger partial charge in [0.05, 0.1) is 66.1 Å². The zero-order chi connectivity index (χ0) is 36.5. The van der Waals surface area contributed by atoms with E-state index in [0.717, 1.165) is 26.2 Å². The molecule has 0 heterocycles. The number of hydrogen-bond donors (Lipinski definition) is 9. The molecule has 0 aliphatic rings. The second-order valence-electron chi connectivity index (χ2n) is 9.93. The summed E-state index contributed by atoms with van der Waals surface area (Å²) in [5.41, 5.74) is 5.33. The Balaban J connectivity index is -0.000000746. The number of ether oxygens (including phenoxy) is 4. The van der Waals surface area contributed by atoms with Gasteiger partial charge in [-0.05, 0) is 27.0 Å². The second-order valence-corrected chi connectivity index (χ2v) is 9.93. The molecule has 0 aliphatic heterocycles. The fraction of sp³-hybridized carbons (Fsp3) is 1.00. The summed E-state index contributed by atoms with van der Waals surface area (Å²) in [6, 6.07) is 0. The van der Waals surface area contributed by atoms with Crippen LogP contribution in [0, 0.1) is 0 Å². The van der Waals surface area contributed by atoms with E-state index in [-0.39, 0.29) is 19.7 Å². The van der Waals surface area contributed by atoms with Crippen LogP contribution < -0.4 is 21.6 Å². The molecular formula is C25H64B5N6O12. The Morgan fingerprint density at radius 2 is 1.17 bits per heavy atom. The maximum absolute atomic E-state index is 9.88. The van der Waals surface area contributed by atoms with Gasteiger partial charge in [0, 0.05) is 58.9 Å². The van der Waals surface area contributed by atoms with E-state index in [1.807, 2.05) is 9.62 Å². The summed E-state index contributed by atoms with van der Waals surface area (Å²) in [6.07, 6.45) is 0. The van der Waals surface area contributed by atoms with E-state index in [1.165, 1.54) is 7.48 Å². The van der Waals surface area contributed by atoms with Crippen molar-refractivity contribution in [2.24, 2.45) is 5.73 Å². The minimum atomic E-state index is -0.610. The number of rotatable bonds is 34. The Bertz CT molecular complexity index is 610. The largest absolute Gasteiger partial charge is 0.394 e. The normalized spacial score (nSPS) is 10.7. The average molecular weight is 695 g/mol. The van der Waals surface area contributed by atoms with Crippen molar-refractivity contribution in [3.05, 3.63) is 0 Å². The molecule has 10 N–H and O–H groups in total. The molecule has 18 nitrogen and oxygen atoms in total. The van der Waals surface area contributed by atoms with Crippen molar-refractivity contribution in [2.75, 3.05) is 138 Å². The van der Waals surface area contributed by atoms with Gasteiger partial charge in [-0.25, -0.2) is 0 Å². The van der Waals surface area contributed by atoms with Gasteiger partial charge >= 0.3 is 63.5 Å². The molecular weight excluding hydrogens is 630 g/mol. The van der Waals surface area contributed by atoms with Crippen LogP contribution in [0.3, 0.4) is 0 Å². The van der Waals surface area contributed by atoms with Crippen LogP contribution in [0.25, 0.3) is 0 Å². The topological polar surface area (TPSA) is 242 Å². The molecule has 23 heteroatoms. The fourth-order valence-electron chi connectivity index (χ4n) is 3.41. The van der Waals surface area contributed by atoms with E-state index in [0.29, 0.717) is 99.3 Å². The Morgan fingerprint density at radius 3 is 1.62 bits per heavy atom. The average Bonchev–Trinajstić information content (AvgIpc) is 3.05. The van der Waals surface area contributed by atoms with Gasteiger partial charge in [0.15, 0.2) is 0 Å². The van der Waals surface area contributed by atoms with E-state index >= 15 is 0 Å². The van der Waals surface area contributed by atoms with Crippen LogP contribution in [0.15, 0.2) is 0 Å². The van der Waals surface area contributed by atoms with Crippen molar-refractivity contribution in [3.63, 3.8) is 0 Å². The van der Waals surface area contributed by atoms with E-state index in [9.17, 15) is 19.8 Å². The fourth-order valence-corrected chi connectivity index (χ4v) is 3.41. The van der Waals surface area contributed by atoms with E-state index in [2.05, 4.69) is 25.6 Å². The molecule has 0 aromatic rings. The van der Waals surface area contributed by atoms with Crippen LogP contribution in [0.1, 0.15) is 0 Å². The summed E-state index contributed by atoms with van der Waals surface area (Å²) in [5.74, 6) is 0. The summed E-state index contributed by atoms with van der Waals surface area (Å²) in [4.78, 5) is 12.2. The van der Waals surface area contributed by atoms with Gasteiger partial charge in [-0.15, -0.1) is 0 Å². The second kappa shape index (κ2) is 44.5. The number of nitrogens with one attached hydrogen (secondary N) is 3. The molecule has 0 aliphatic carbocycles. The summed E-state index contributed by atoms with van der Waals surface area (Å²) in [7, 11) is 0.170. The molecule has 0 aromatic carbocycles. The third-order valence-corrected chi connectivity index (χ3v) is 5.83. The van der Waals surface area contributed by atoms with Crippen molar-refractivity contribution in [1.82, 2.24) is 25.5 Å². The van der Waals surface area contributed by atoms with Crippen LogP contribution in [0.2, 0.25) is 27.3 Å². The first-order valence-electron chi connectivity index (χ1n) is 16.6. The summed E-state index contributed by atoms with van der Waals surface area (Å²) in [6.45, 7) is 17.7. The Hall–Kier alpha value is -0.555. The monoisotopic (exact) mass is 696 g/mol. The molecule has 0 aromatic heterocycles. The number of hydrogen-bond acceptors (Lipinski definition) is 18. The molecule has 281 valence electrons. The predicted molar refractivity (Wildman–Crippen MR) is 190 cm³/mol. The van der Waals surface area contributed by atoms with Gasteiger partial charge in [-0.3, -0.25) is 0 Å². The number of aliphatic hydroxyl groups excluding tert-OH is 2. The zero-order valence-corrected chi connectivity index (χ0v) is 29.8. The molecule has 0 amide bonds. The Labute approximate surface area is 290 Å². The van der Waals surface area contributed by atoms with Crippen LogP contribution in [-0.2, 0) is 33.3 Å². The van der Waals surface area contributed by atoms with Gasteiger partial charge < -0.3 is 75.4 Å². The zero-order valence-electron chi connectivity index (χ0n) is 29.8. The van der Waals surface area contributed by atoms with Crippen molar-refractivity contribution in [3.8, 4) is 0 Å². The van der Waals surface area contributed by atoms with Crippen molar-refractivity contribution < 1.29 is 58.6 Å². The first-order chi connectivity index (χ1) is 23.2. The molecule has 0 rings (SSSR count). The smallest absolute Gasteiger partial charge is 0.0701 e. The molecule has 0 atom stereocenters. The predicted octanol–water partition coefficient (Wildman–Crippen LogP) is -4.70. The quantitative estimate of drug-likeness (QED) is 0.0133. The van der Waals surface area contributed by atoms with Gasteiger partial charge in [-0.1, -0.05) is 0 Å². The summed E-state index contributed by atoms with van der Waals surface area (Å²) in [5, 5.41) is 55.3. The molecule has 0 saturated carbocycles. The number of nitrogens with two attached hydrogens (primary N) is 1. The SMILES string of the molecule is CB(O)NCCN(CCN(CCOCCOCCO)B(C)O)B(C)O.C[B]OOCB=O.NCCNCCNCCOCCOCCO. The van der Waals surface area contributed by atoms with Crippen molar-refractivity contribution >= 4 is 35.8 Å². The van der Waals surface area contributed by atoms with Gasteiger partial charge in [0.25, 0.3) is 0 Å². The number of nitrogens with zero attached hydrogens (tertiary/aromatic N) is 2. The maximum atomic E-state index is 9.88. The van der Waals surface area contributed by atoms with Crippen LogP contribution in [-0.4, -0.2) is 209 Å².